The number of nitrogens with zero attached hydrogens (tertiary/aromatic N) is 1. The summed E-state index contributed by atoms with van der Waals surface area (Å²) in [7, 11) is 1.83. The van der Waals surface area contributed by atoms with Crippen molar-refractivity contribution in [3.63, 3.8) is 0 Å². The van der Waals surface area contributed by atoms with Gasteiger partial charge in [-0.3, -0.25) is 9.69 Å². The third-order valence-electron chi connectivity index (χ3n) is 3.51. The molecule has 0 unspecified atom stereocenters. The van der Waals surface area contributed by atoms with E-state index >= 15 is 0 Å². The van der Waals surface area contributed by atoms with Crippen LogP contribution in [-0.4, -0.2) is 23.9 Å². The minimum Gasteiger partial charge on any atom is -0.325 e. The smallest absolute Gasteiger partial charge is 0.325 e. The van der Waals surface area contributed by atoms with Crippen LogP contribution in [0.4, 0.5) is 18.9 Å². The minimum absolute atomic E-state index is 0.260. The van der Waals surface area contributed by atoms with Crippen molar-refractivity contribution in [3.8, 4) is 0 Å². The van der Waals surface area contributed by atoms with Gasteiger partial charge in [0.1, 0.15) is 0 Å². The molecular formula is C16H17F3N2OS. The molecule has 2 rings (SSSR count). The van der Waals surface area contributed by atoms with E-state index in [4.69, 9.17) is 0 Å². The molecule has 1 N–H and O–H groups in total. The van der Waals surface area contributed by atoms with Gasteiger partial charge in [0.2, 0.25) is 5.91 Å². The maximum atomic E-state index is 12.5. The molecule has 3 nitrogen and oxygen atoms in total. The Bertz CT molecular complexity index is 638. The van der Waals surface area contributed by atoms with Crippen LogP contribution in [0.25, 0.3) is 0 Å². The summed E-state index contributed by atoms with van der Waals surface area (Å²) in [5.74, 6) is -0.260. The number of benzene rings is 1. The van der Waals surface area contributed by atoms with Crippen molar-refractivity contribution in [2.24, 2.45) is 0 Å². The number of alkyl halides is 3. The number of anilines is 1. The number of nitrogens with one attached hydrogen (secondary N) is 1. The first-order valence-electron chi connectivity index (χ1n) is 6.98. The van der Waals surface area contributed by atoms with Crippen LogP contribution in [0.2, 0.25) is 0 Å². The second kappa shape index (κ2) is 7.14. The Morgan fingerprint density at radius 2 is 1.91 bits per heavy atom. The zero-order chi connectivity index (χ0) is 17.0. The van der Waals surface area contributed by atoms with Gasteiger partial charge in [-0.15, -0.1) is 11.3 Å². The highest BCUT2D eigenvalue weighted by atomic mass is 32.1. The van der Waals surface area contributed by atoms with Crippen molar-refractivity contribution in [2.75, 3.05) is 12.4 Å². The number of rotatable bonds is 5. The average molecular weight is 342 g/mol. The van der Waals surface area contributed by atoms with Crippen molar-refractivity contribution >= 4 is 22.9 Å². The first-order chi connectivity index (χ1) is 10.8. The quantitative estimate of drug-likeness (QED) is 0.882. The highest BCUT2D eigenvalue weighted by Crippen LogP contribution is 2.29. The van der Waals surface area contributed by atoms with Gasteiger partial charge in [-0.1, -0.05) is 6.07 Å². The van der Waals surface area contributed by atoms with Crippen molar-refractivity contribution in [1.29, 1.82) is 0 Å². The number of halogens is 3. The molecule has 0 aliphatic rings. The maximum absolute atomic E-state index is 12.5. The average Bonchev–Trinajstić information content (AvgIpc) is 2.98. The van der Waals surface area contributed by atoms with Crippen LogP contribution < -0.4 is 5.32 Å². The van der Waals surface area contributed by atoms with E-state index in [2.05, 4.69) is 5.32 Å². The molecule has 23 heavy (non-hydrogen) atoms. The van der Waals surface area contributed by atoms with Crippen LogP contribution >= 0.6 is 11.3 Å². The number of carbonyl (C=O) groups excluding carboxylic acids is 1. The highest BCUT2D eigenvalue weighted by molar-refractivity contribution is 7.09. The number of carbonyl (C=O) groups is 1. The van der Waals surface area contributed by atoms with Crippen molar-refractivity contribution < 1.29 is 18.0 Å². The van der Waals surface area contributed by atoms with E-state index in [9.17, 15) is 18.0 Å². The van der Waals surface area contributed by atoms with E-state index in [0.717, 1.165) is 17.0 Å². The van der Waals surface area contributed by atoms with Gasteiger partial charge in [0.05, 0.1) is 11.6 Å². The molecule has 7 heteroatoms. The molecule has 1 aromatic heterocycles. The summed E-state index contributed by atoms with van der Waals surface area (Å²) in [5.41, 5.74) is -0.391. The van der Waals surface area contributed by atoms with Crippen LogP contribution in [0.3, 0.4) is 0 Å². The van der Waals surface area contributed by atoms with Crippen molar-refractivity contribution in [1.82, 2.24) is 4.90 Å². The number of hydrogen-bond donors (Lipinski definition) is 1. The summed E-state index contributed by atoms with van der Waals surface area (Å²) in [6.07, 6.45) is -4.38. The molecule has 0 fully saturated rings. The normalized spacial score (nSPS) is 13.1. The predicted molar refractivity (Wildman–Crippen MR) is 85.3 cm³/mol. The Morgan fingerprint density at radius 3 is 2.43 bits per heavy atom. The van der Waals surface area contributed by atoms with Crippen LogP contribution in [0, 0.1) is 0 Å². The Labute approximate surface area is 136 Å². The van der Waals surface area contributed by atoms with Gasteiger partial charge in [0.15, 0.2) is 0 Å². The first-order valence-corrected chi connectivity index (χ1v) is 7.86. The Balaban J connectivity index is 1.95. The van der Waals surface area contributed by atoms with Gasteiger partial charge in [-0.05, 0) is 49.7 Å². The molecule has 1 atom stereocenters. The van der Waals surface area contributed by atoms with Crippen molar-refractivity contribution in [2.45, 2.75) is 25.7 Å². The monoisotopic (exact) mass is 342 g/mol. The van der Waals surface area contributed by atoms with Gasteiger partial charge in [0.25, 0.3) is 0 Å². The van der Waals surface area contributed by atoms with E-state index in [1.807, 2.05) is 29.5 Å². The van der Waals surface area contributed by atoms with Crippen LogP contribution in [-0.2, 0) is 17.5 Å². The number of hydrogen-bond acceptors (Lipinski definition) is 3. The fourth-order valence-corrected chi connectivity index (χ4v) is 2.74. The SMILES string of the molecule is C[C@@H](C(=O)Nc1ccc(C(F)(F)F)cc1)N(C)Cc1cccs1. The third-order valence-corrected chi connectivity index (χ3v) is 4.37. The molecule has 0 aliphatic carbocycles. The second-order valence-corrected chi connectivity index (χ2v) is 6.27. The van der Waals surface area contributed by atoms with E-state index in [0.29, 0.717) is 12.2 Å². The van der Waals surface area contributed by atoms with Gasteiger partial charge < -0.3 is 5.32 Å². The number of amides is 1. The molecule has 1 heterocycles. The Hall–Kier alpha value is -1.86. The molecule has 124 valence electrons. The first kappa shape index (κ1) is 17.5. The van der Waals surface area contributed by atoms with E-state index in [1.165, 1.54) is 12.1 Å². The van der Waals surface area contributed by atoms with Gasteiger partial charge in [-0.2, -0.15) is 13.2 Å². The molecule has 0 spiro atoms. The summed E-state index contributed by atoms with van der Waals surface area (Å²) in [6, 6.07) is 7.95. The lowest BCUT2D eigenvalue weighted by Crippen LogP contribution is -2.39. The van der Waals surface area contributed by atoms with E-state index in [-0.39, 0.29) is 5.91 Å². The Morgan fingerprint density at radius 1 is 1.26 bits per heavy atom. The third kappa shape index (κ3) is 4.80. The molecule has 0 aliphatic heterocycles. The summed E-state index contributed by atoms with van der Waals surface area (Å²) < 4.78 is 37.5. The molecule has 2 aromatic rings. The van der Waals surface area contributed by atoms with Crippen LogP contribution in [0.5, 0.6) is 0 Å². The topological polar surface area (TPSA) is 32.3 Å². The lowest BCUT2D eigenvalue weighted by Gasteiger charge is -2.23. The highest BCUT2D eigenvalue weighted by Gasteiger charge is 2.30. The molecular weight excluding hydrogens is 325 g/mol. The standard InChI is InChI=1S/C16H17F3N2OS/c1-11(21(2)10-14-4-3-9-23-14)15(22)20-13-7-5-12(6-8-13)16(17,18)19/h3-9,11H,10H2,1-2H3,(H,20,22)/t11-/m0/s1. The van der Waals surface area contributed by atoms with Crippen molar-refractivity contribution in [3.05, 3.63) is 52.2 Å². The fraction of sp³-hybridized carbons (Fsp3) is 0.312. The molecule has 0 saturated carbocycles. The summed E-state index contributed by atoms with van der Waals surface area (Å²) in [5, 5.41) is 4.60. The molecule has 0 bridgehead atoms. The predicted octanol–water partition coefficient (Wildman–Crippen LogP) is 4.23. The molecule has 0 saturated heterocycles. The fourth-order valence-electron chi connectivity index (χ4n) is 1.97. The number of likely N-dealkylation sites (N-methyl/N-ethyl adjacent to an activating group) is 1. The Kier molecular flexibility index (Phi) is 5.43. The largest absolute Gasteiger partial charge is 0.416 e. The second-order valence-electron chi connectivity index (χ2n) is 5.23. The molecule has 0 radical (unpaired) electrons. The van der Waals surface area contributed by atoms with E-state index < -0.39 is 17.8 Å². The zero-order valence-corrected chi connectivity index (χ0v) is 13.5. The number of thiophene rings is 1. The zero-order valence-electron chi connectivity index (χ0n) is 12.7. The van der Waals surface area contributed by atoms with Gasteiger partial charge >= 0.3 is 6.18 Å². The van der Waals surface area contributed by atoms with Crippen LogP contribution in [0.1, 0.15) is 17.4 Å². The van der Waals surface area contributed by atoms with Gasteiger partial charge in [0, 0.05) is 17.1 Å². The lowest BCUT2D eigenvalue weighted by molar-refractivity contribution is -0.137. The van der Waals surface area contributed by atoms with E-state index in [1.54, 1.807) is 18.3 Å². The summed E-state index contributed by atoms with van der Waals surface area (Å²) in [4.78, 5) is 15.2. The van der Waals surface area contributed by atoms with Gasteiger partial charge in [-0.25, -0.2) is 0 Å². The molecule has 1 amide bonds. The summed E-state index contributed by atoms with van der Waals surface area (Å²) in [6.45, 7) is 2.40. The van der Waals surface area contributed by atoms with Crippen LogP contribution in [0.15, 0.2) is 41.8 Å². The summed E-state index contributed by atoms with van der Waals surface area (Å²) >= 11 is 1.61. The lowest BCUT2D eigenvalue weighted by atomic mass is 10.2. The molecule has 1 aromatic carbocycles. The minimum atomic E-state index is -4.38. The maximum Gasteiger partial charge on any atom is 0.416 e.